The third kappa shape index (κ3) is 4.38. The minimum absolute atomic E-state index is 0.129. The summed E-state index contributed by atoms with van der Waals surface area (Å²) in [6.07, 6.45) is 0. The third-order valence-corrected chi connectivity index (χ3v) is 13.5. The van der Waals surface area contributed by atoms with Crippen LogP contribution in [0.15, 0.2) is 180 Å². The van der Waals surface area contributed by atoms with Crippen LogP contribution < -0.4 is 4.90 Å². The highest BCUT2D eigenvalue weighted by Crippen LogP contribution is 2.55. The van der Waals surface area contributed by atoms with Crippen LogP contribution in [0.1, 0.15) is 25.0 Å². The quantitative estimate of drug-likeness (QED) is 0.179. The van der Waals surface area contributed by atoms with Gasteiger partial charge in [0.05, 0.1) is 11.4 Å². The zero-order valence-electron chi connectivity index (χ0n) is 31.0. The van der Waals surface area contributed by atoms with Gasteiger partial charge in [0.2, 0.25) is 0 Å². The molecule has 56 heavy (non-hydrogen) atoms. The van der Waals surface area contributed by atoms with E-state index in [-0.39, 0.29) is 5.41 Å². The first kappa shape index (κ1) is 31.6. The highest BCUT2D eigenvalue weighted by molar-refractivity contribution is 7.27. The summed E-state index contributed by atoms with van der Waals surface area (Å²) in [5.41, 5.74) is 12.6. The molecule has 1 aliphatic rings. The lowest BCUT2D eigenvalue weighted by Gasteiger charge is -2.29. The fourth-order valence-electron chi connectivity index (χ4n) is 9.56. The SMILES string of the molecule is CC1(C)c2ccccc2-c2c(N(c3ccc(-c4cccc5c4sc4c6ccccc6ccc54)cc3)c3cccc4c3oc3c5ccccc5ccc43)cccc21. The van der Waals surface area contributed by atoms with Crippen LogP contribution in [-0.4, -0.2) is 0 Å². The van der Waals surface area contributed by atoms with Gasteiger partial charge in [-0.25, -0.2) is 0 Å². The fraction of sp³-hybridized carbons (Fsp3) is 0.0566. The molecule has 11 aromatic rings. The lowest BCUT2D eigenvalue weighted by molar-refractivity contribution is 0.660. The van der Waals surface area contributed by atoms with Crippen LogP contribution in [-0.2, 0) is 5.41 Å². The van der Waals surface area contributed by atoms with Crippen LogP contribution in [0.2, 0.25) is 0 Å². The molecule has 264 valence electrons. The number of hydrogen-bond donors (Lipinski definition) is 0. The van der Waals surface area contributed by atoms with Crippen molar-refractivity contribution in [2.75, 3.05) is 4.90 Å². The molecule has 2 nitrogen and oxygen atoms in total. The highest BCUT2D eigenvalue weighted by atomic mass is 32.1. The molecule has 0 radical (unpaired) electrons. The summed E-state index contributed by atoms with van der Waals surface area (Å²) in [4.78, 5) is 2.43. The van der Waals surface area contributed by atoms with E-state index < -0.39 is 0 Å². The maximum Gasteiger partial charge on any atom is 0.159 e. The summed E-state index contributed by atoms with van der Waals surface area (Å²) in [5.74, 6) is 0. The number of para-hydroxylation sites is 1. The predicted octanol–water partition coefficient (Wildman–Crippen LogP) is 15.7. The Hall–Kier alpha value is -6.68. The number of benzene rings is 9. The molecule has 1 aliphatic carbocycles. The van der Waals surface area contributed by atoms with E-state index >= 15 is 0 Å². The van der Waals surface area contributed by atoms with Crippen molar-refractivity contribution in [3.8, 4) is 22.3 Å². The van der Waals surface area contributed by atoms with Gasteiger partial charge in [0, 0.05) is 53.0 Å². The molecule has 12 rings (SSSR count). The number of anilines is 3. The summed E-state index contributed by atoms with van der Waals surface area (Å²) in [5, 5.41) is 9.77. The molecule has 0 aliphatic heterocycles. The lowest BCUT2D eigenvalue weighted by Crippen LogP contribution is -2.16. The van der Waals surface area contributed by atoms with Gasteiger partial charge in [0.1, 0.15) is 5.58 Å². The van der Waals surface area contributed by atoms with Gasteiger partial charge >= 0.3 is 0 Å². The van der Waals surface area contributed by atoms with Crippen molar-refractivity contribution in [2.24, 2.45) is 0 Å². The van der Waals surface area contributed by atoms with Gasteiger partial charge in [-0.3, -0.25) is 0 Å². The van der Waals surface area contributed by atoms with Crippen molar-refractivity contribution >= 4 is 92.1 Å². The van der Waals surface area contributed by atoms with Gasteiger partial charge in [-0.05, 0) is 74.3 Å². The zero-order chi connectivity index (χ0) is 37.1. The molecule has 9 aromatic carbocycles. The van der Waals surface area contributed by atoms with Crippen molar-refractivity contribution in [2.45, 2.75) is 19.3 Å². The van der Waals surface area contributed by atoms with Crippen LogP contribution in [0.5, 0.6) is 0 Å². The summed E-state index contributed by atoms with van der Waals surface area (Å²) < 4.78 is 9.68. The summed E-state index contributed by atoms with van der Waals surface area (Å²) >= 11 is 1.90. The summed E-state index contributed by atoms with van der Waals surface area (Å²) in [7, 11) is 0. The van der Waals surface area contributed by atoms with Crippen molar-refractivity contribution in [1.82, 2.24) is 0 Å². The smallest absolute Gasteiger partial charge is 0.159 e. The van der Waals surface area contributed by atoms with Gasteiger partial charge in [-0.15, -0.1) is 11.3 Å². The first-order valence-electron chi connectivity index (χ1n) is 19.3. The average molecular weight is 734 g/mol. The van der Waals surface area contributed by atoms with Crippen molar-refractivity contribution in [3.63, 3.8) is 0 Å². The number of hydrogen-bond acceptors (Lipinski definition) is 3. The molecule has 2 aromatic heterocycles. The van der Waals surface area contributed by atoms with E-state index in [1.165, 1.54) is 69.7 Å². The Kier molecular flexibility index (Phi) is 6.59. The standard InChI is InChI=1S/C53H35NOS/c1-53(2)44-20-8-7-16-43(44)48-45(53)21-11-22-46(48)54(47-23-10-18-39-40-30-26-32-12-3-5-14-36(32)49(40)55-50(39)47)35-28-24-34(25-29-35)38-17-9-19-41-42-31-27-33-13-4-6-15-37(33)52(42)56-51(38)41/h3-31H,1-2H3. The van der Waals surface area contributed by atoms with E-state index in [1.807, 2.05) is 11.3 Å². The molecule has 0 spiro atoms. The predicted molar refractivity (Wildman–Crippen MR) is 239 cm³/mol. The number of thiophene rings is 1. The number of nitrogens with zero attached hydrogens (tertiary/aromatic N) is 1. The van der Waals surface area contributed by atoms with Crippen LogP contribution in [0.4, 0.5) is 17.1 Å². The molecule has 0 fully saturated rings. The Balaban J connectivity index is 1.09. The topological polar surface area (TPSA) is 16.4 Å². The van der Waals surface area contributed by atoms with E-state index in [2.05, 4.69) is 195 Å². The van der Waals surface area contributed by atoms with Gasteiger partial charge in [-0.2, -0.15) is 0 Å². The van der Waals surface area contributed by atoms with Gasteiger partial charge in [0.15, 0.2) is 5.58 Å². The van der Waals surface area contributed by atoms with Crippen LogP contribution in [0.25, 0.3) is 85.9 Å². The molecular formula is C53H35NOS. The Morgan fingerprint density at radius 3 is 1.88 bits per heavy atom. The normalized spacial score (nSPS) is 13.3. The van der Waals surface area contributed by atoms with Crippen molar-refractivity contribution in [3.05, 3.63) is 187 Å². The van der Waals surface area contributed by atoms with Crippen LogP contribution in [0, 0.1) is 0 Å². The minimum atomic E-state index is -0.129. The molecule has 0 amide bonds. The van der Waals surface area contributed by atoms with E-state index in [9.17, 15) is 0 Å². The second-order valence-electron chi connectivity index (χ2n) is 15.6. The minimum Gasteiger partial charge on any atom is -0.453 e. The zero-order valence-corrected chi connectivity index (χ0v) is 31.8. The molecule has 0 unspecified atom stereocenters. The van der Waals surface area contributed by atoms with Gasteiger partial charge in [-0.1, -0.05) is 159 Å². The molecular weight excluding hydrogens is 699 g/mol. The van der Waals surface area contributed by atoms with Crippen molar-refractivity contribution in [1.29, 1.82) is 0 Å². The maximum atomic E-state index is 7.01. The van der Waals surface area contributed by atoms with Crippen LogP contribution in [0.3, 0.4) is 0 Å². The van der Waals surface area contributed by atoms with Crippen molar-refractivity contribution < 1.29 is 4.42 Å². The second-order valence-corrected chi connectivity index (χ2v) is 16.6. The average Bonchev–Trinajstić information content (AvgIpc) is 3.90. The van der Waals surface area contributed by atoms with Crippen LogP contribution >= 0.6 is 11.3 Å². The molecule has 2 heterocycles. The molecule has 0 saturated carbocycles. The largest absolute Gasteiger partial charge is 0.453 e. The van der Waals surface area contributed by atoms with E-state index in [0.29, 0.717) is 0 Å². The van der Waals surface area contributed by atoms with E-state index in [4.69, 9.17) is 4.42 Å². The molecule has 3 heteroatoms. The summed E-state index contributed by atoms with van der Waals surface area (Å²) in [6.45, 7) is 4.70. The molecule has 0 bridgehead atoms. The highest BCUT2D eigenvalue weighted by Gasteiger charge is 2.38. The Morgan fingerprint density at radius 2 is 1.02 bits per heavy atom. The fourth-order valence-corrected chi connectivity index (χ4v) is 10.9. The number of furan rings is 1. The van der Waals surface area contributed by atoms with Gasteiger partial charge in [0.25, 0.3) is 0 Å². The second kappa shape index (κ2) is 11.7. The third-order valence-electron chi connectivity index (χ3n) is 12.3. The Morgan fingerprint density at radius 1 is 0.429 bits per heavy atom. The number of fused-ring (bicyclic) bond motifs is 13. The maximum absolute atomic E-state index is 7.01. The monoisotopic (exact) mass is 733 g/mol. The molecule has 0 atom stereocenters. The Labute approximate surface area is 328 Å². The molecule has 0 saturated heterocycles. The first-order chi connectivity index (χ1) is 27.5. The number of rotatable bonds is 4. The van der Waals surface area contributed by atoms with E-state index in [1.54, 1.807) is 0 Å². The summed E-state index contributed by atoms with van der Waals surface area (Å²) in [6, 6.07) is 64.5. The first-order valence-corrected chi connectivity index (χ1v) is 20.2. The lowest BCUT2D eigenvalue weighted by atomic mass is 9.82. The Bertz CT molecular complexity index is 3400. The van der Waals surface area contributed by atoms with E-state index in [0.717, 1.165) is 44.4 Å². The van der Waals surface area contributed by atoms with Gasteiger partial charge < -0.3 is 9.32 Å². The molecule has 0 N–H and O–H groups in total.